The highest BCUT2D eigenvalue weighted by atomic mass is 19.1. The summed E-state index contributed by atoms with van der Waals surface area (Å²) in [5.74, 6) is 0.180. The fraction of sp³-hybridized carbons (Fsp3) is 0.571. The Morgan fingerprint density at radius 2 is 1.75 bits per heavy atom. The number of aromatic nitrogens is 2. The molecule has 36 heavy (non-hydrogen) atoms. The Bertz CT molecular complexity index is 1040. The van der Waals surface area contributed by atoms with E-state index < -0.39 is 0 Å². The Morgan fingerprint density at radius 1 is 1.03 bits per heavy atom. The van der Waals surface area contributed by atoms with E-state index in [4.69, 9.17) is 0 Å². The Labute approximate surface area is 214 Å². The molecule has 1 aromatic carbocycles. The van der Waals surface area contributed by atoms with Crippen LogP contribution in [0.1, 0.15) is 68.6 Å². The summed E-state index contributed by atoms with van der Waals surface area (Å²) in [7, 11) is 0. The number of fused-ring (bicyclic) bond motifs is 1. The number of amides is 2. The van der Waals surface area contributed by atoms with Crippen LogP contribution in [0.15, 0.2) is 30.7 Å². The second-order valence-corrected chi connectivity index (χ2v) is 10.6. The van der Waals surface area contributed by atoms with Crippen LogP contribution >= 0.6 is 0 Å². The van der Waals surface area contributed by atoms with Crippen molar-refractivity contribution in [2.45, 2.75) is 60.4 Å². The van der Waals surface area contributed by atoms with E-state index in [0.29, 0.717) is 47.9 Å². The van der Waals surface area contributed by atoms with Crippen LogP contribution in [0.25, 0.3) is 0 Å². The van der Waals surface area contributed by atoms with Crippen molar-refractivity contribution in [3.05, 3.63) is 53.4 Å². The van der Waals surface area contributed by atoms with Gasteiger partial charge in [0.2, 0.25) is 5.91 Å². The van der Waals surface area contributed by atoms with Crippen LogP contribution in [0, 0.1) is 24.6 Å². The highest BCUT2D eigenvalue weighted by Gasteiger charge is 2.25. The average molecular weight is 498 g/mol. The number of halogens is 1. The van der Waals surface area contributed by atoms with Gasteiger partial charge in [-0.1, -0.05) is 27.7 Å². The van der Waals surface area contributed by atoms with Gasteiger partial charge in [0.15, 0.2) is 0 Å². The molecule has 1 aliphatic heterocycles. The molecule has 2 aromatic rings. The number of benzene rings is 1. The van der Waals surface area contributed by atoms with Gasteiger partial charge in [-0.2, -0.15) is 0 Å². The van der Waals surface area contributed by atoms with Crippen LogP contribution in [-0.4, -0.2) is 64.3 Å². The van der Waals surface area contributed by atoms with E-state index in [1.54, 1.807) is 22.8 Å². The molecule has 0 atom stereocenters. The van der Waals surface area contributed by atoms with Crippen LogP contribution < -0.4 is 4.90 Å². The molecule has 0 radical (unpaired) electrons. The standard InChI is InChI=1S/C28H40FN5O2/c1-20(2)14-27(35)34-13-7-11-32(17-21(3)4)10-6-12-33(18-23-15-24(29)8-9-26(23)34)28(36)25-16-30-19-31-22(25)5/h8-9,15-16,19-21H,6-7,10-14,17-18H2,1-5H3. The molecular formula is C28H40FN5O2. The predicted molar refractivity (Wildman–Crippen MR) is 140 cm³/mol. The molecule has 3 rings (SSSR count). The lowest BCUT2D eigenvalue weighted by atomic mass is 10.1. The minimum absolute atomic E-state index is 0.0236. The molecule has 0 N–H and O–H groups in total. The minimum atomic E-state index is -0.383. The summed E-state index contributed by atoms with van der Waals surface area (Å²) >= 11 is 0. The number of anilines is 1. The number of nitrogens with zero attached hydrogens (tertiary/aromatic N) is 5. The fourth-order valence-corrected chi connectivity index (χ4v) is 4.76. The number of carbonyl (C=O) groups is 2. The molecular weight excluding hydrogens is 457 g/mol. The molecule has 8 heteroatoms. The Kier molecular flexibility index (Phi) is 9.93. The molecule has 0 bridgehead atoms. The molecule has 196 valence electrons. The summed E-state index contributed by atoms with van der Waals surface area (Å²) in [5.41, 5.74) is 2.36. The Balaban J connectivity index is 2.02. The first kappa shape index (κ1) is 27.7. The van der Waals surface area contributed by atoms with Gasteiger partial charge in [-0.15, -0.1) is 0 Å². The van der Waals surface area contributed by atoms with Crippen molar-refractivity contribution in [3.8, 4) is 0 Å². The Hall–Kier alpha value is -2.87. The van der Waals surface area contributed by atoms with Gasteiger partial charge in [0.1, 0.15) is 12.1 Å². The van der Waals surface area contributed by atoms with E-state index in [-0.39, 0.29) is 30.1 Å². The van der Waals surface area contributed by atoms with Gasteiger partial charge in [0.05, 0.1) is 11.3 Å². The first-order chi connectivity index (χ1) is 17.2. The molecule has 0 saturated carbocycles. The van der Waals surface area contributed by atoms with Gasteiger partial charge >= 0.3 is 0 Å². The fourth-order valence-electron chi connectivity index (χ4n) is 4.76. The summed E-state index contributed by atoms with van der Waals surface area (Å²) in [6.07, 6.45) is 5.00. The van der Waals surface area contributed by atoms with Gasteiger partial charge < -0.3 is 14.7 Å². The van der Waals surface area contributed by atoms with Crippen LogP contribution in [0.2, 0.25) is 0 Å². The third-order valence-corrected chi connectivity index (χ3v) is 6.39. The predicted octanol–water partition coefficient (Wildman–Crippen LogP) is 4.70. The molecule has 0 saturated heterocycles. The van der Waals surface area contributed by atoms with Crippen molar-refractivity contribution in [1.29, 1.82) is 0 Å². The van der Waals surface area contributed by atoms with Crippen LogP contribution in [0.3, 0.4) is 0 Å². The summed E-state index contributed by atoms with van der Waals surface area (Å²) in [6.45, 7) is 14.2. The zero-order valence-corrected chi connectivity index (χ0v) is 22.3. The highest BCUT2D eigenvalue weighted by Crippen LogP contribution is 2.27. The Morgan fingerprint density at radius 3 is 2.42 bits per heavy atom. The van der Waals surface area contributed by atoms with Gasteiger partial charge in [-0.3, -0.25) is 9.59 Å². The first-order valence-electron chi connectivity index (χ1n) is 13.0. The van der Waals surface area contributed by atoms with E-state index in [0.717, 1.165) is 32.5 Å². The average Bonchev–Trinajstić information content (AvgIpc) is 2.80. The van der Waals surface area contributed by atoms with E-state index in [2.05, 4.69) is 28.7 Å². The number of hydrogen-bond acceptors (Lipinski definition) is 5. The van der Waals surface area contributed by atoms with E-state index >= 15 is 0 Å². The molecule has 0 spiro atoms. The van der Waals surface area contributed by atoms with Crippen molar-refractivity contribution >= 4 is 17.5 Å². The molecule has 0 unspecified atom stereocenters. The number of rotatable bonds is 5. The third-order valence-electron chi connectivity index (χ3n) is 6.39. The van der Waals surface area contributed by atoms with Crippen molar-refractivity contribution in [2.24, 2.45) is 11.8 Å². The summed E-state index contributed by atoms with van der Waals surface area (Å²) in [5, 5.41) is 0. The maximum atomic E-state index is 14.4. The monoisotopic (exact) mass is 497 g/mol. The van der Waals surface area contributed by atoms with Gasteiger partial charge in [-0.05, 0) is 68.5 Å². The third kappa shape index (κ3) is 7.56. The lowest BCUT2D eigenvalue weighted by Crippen LogP contribution is -2.40. The lowest BCUT2D eigenvalue weighted by molar-refractivity contribution is -0.119. The SMILES string of the molecule is Cc1ncncc1C(=O)N1CCCN(CC(C)C)CCCN(C(=O)CC(C)C)c2ccc(F)cc2C1. The van der Waals surface area contributed by atoms with Crippen LogP contribution in [-0.2, 0) is 11.3 Å². The summed E-state index contributed by atoms with van der Waals surface area (Å²) in [4.78, 5) is 41.1. The zero-order chi connectivity index (χ0) is 26.2. The van der Waals surface area contributed by atoms with Crippen LogP contribution in [0.4, 0.5) is 10.1 Å². The van der Waals surface area contributed by atoms with Crippen molar-refractivity contribution in [2.75, 3.05) is 37.6 Å². The van der Waals surface area contributed by atoms with Gasteiger partial charge in [-0.25, -0.2) is 14.4 Å². The molecule has 0 aliphatic carbocycles. The van der Waals surface area contributed by atoms with Crippen molar-refractivity contribution in [3.63, 3.8) is 0 Å². The minimum Gasteiger partial charge on any atom is -0.334 e. The molecule has 1 aliphatic rings. The molecule has 1 aromatic heterocycles. The van der Waals surface area contributed by atoms with Gasteiger partial charge in [0, 0.05) is 44.5 Å². The highest BCUT2D eigenvalue weighted by molar-refractivity contribution is 5.96. The van der Waals surface area contributed by atoms with E-state index in [9.17, 15) is 14.0 Å². The normalized spacial score (nSPS) is 16.0. The smallest absolute Gasteiger partial charge is 0.257 e. The van der Waals surface area contributed by atoms with Gasteiger partial charge in [0.25, 0.3) is 5.91 Å². The largest absolute Gasteiger partial charge is 0.334 e. The van der Waals surface area contributed by atoms with E-state index in [1.165, 1.54) is 24.7 Å². The number of carbonyl (C=O) groups excluding carboxylic acids is 2. The molecule has 7 nitrogen and oxygen atoms in total. The number of hydrogen-bond donors (Lipinski definition) is 0. The summed E-state index contributed by atoms with van der Waals surface area (Å²) < 4.78 is 14.4. The van der Waals surface area contributed by atoms with E-state index in [1.807, 2.05) is 13.8 Å². The number of aryl methyl sites for hydroxylation is 1. The second-order valence-electron chi connectivity index (χ2n) is 10.6. The van der Waals surface area contributed by atoms with Crippen molar-refractivity contribution < 1.29 is 14.0 Å². The first-order valence-corrected chi connectivity index (χ1v) is 13.0. The molecule has 2 amide bonds. The van der Waals surface area contributed by atoms with Crippen LogP contribution in [0.5, 0.6) is 0 Å². The topological polar surface area (TPSA) is 69.6 Å². The second kappa shape index (κ2) is 12.9. The molecule has 2 heterocycles. The quantitative estimate of drug-likeness (QED) is 0.599. The maximum Gasteiger partial charge on any atom is 0.257 e. The lowest BCUT2D eigenvalue weighted by Gasteiger charge is -2.32. The summed E-state index contributed by atoms with van der Waals surface area (Å²) in [6, 6.07) is 4.53. The maximum absolute atomic E-state index is 14.4. The van der Waals surface area contributed by atoms with Crippen molar-refractivity contribution in [1.82, 2.24) is 19.8 Å². The zero-order valence-electron chi connectivity index (χ0n) is 22.3. The molecule has 0 fully saturated rings.